The predicted molar refractivity (Wildman–Crippen MR) is 61.3 cm³/mol. The summed E-state index contributed by atoms with van der Waals surface area (Å²) in [5, 5.41) is 6.06. The first-order valence-electron chi connectivity index (χ1n) is 5.83. The minimum absolute atomic E-state index is 0.0287. The van der Waals surface area contributed by atoms with Gasteiger partial charge in [-0.1, -0.05) is 6.92 Å². The van der Waals surface area contributed by atoms with E-state index in [1.54, 1.807) is 7.11 Å². The molecule has 1 aliphatic heterocycles. The minimum atomic E-state index is -0.0287. The molecule has 2 N–H and O–H groups in total. The Hall–Kier alpha value is -0.650. The van der Waals surface area contributed by atoms with E-state index in [0.717, 1.165) is 13.0 Å². The molecular formula is C11H22N2O3. The maximum Gasteiger partial charge on any atom is 0.237 e. The molecule has 0 spiro atoms. The SMILES string of the molecule is COCCOCCNC(=O)C1NCCC1C. The van der Waals surface area contributed by atoms with Gasteiger partial charge in [-0.15, -0.1) is 0 Å². The molecule has 16 heavy (non-hydrogen) atoms. The summed E-state index contributed by atoms with van der Waals surface area (Å²) in [6, 6.07) is -0.0287. The minimum Gasteiger partial charge on any atom is -0.382 e. The lowest BCUT2D eigenvalue weighted by atomic mass is 10.0. The van der Waals surface area contributed by atoms with Crippen LogP contribution in [0.2, 0.25) is 0 Å². The highest BCUT2D eigenvalue weighted by Crippen LogP contribution is 2.13. The molecule has 0 bridgehead atoms. The highest BCUT2D eigenvalue weighted by Gasteiger charge is 2.28. The van der Waals surface area contributed by atoms with Gasteiger partial charge in [0.05, 0.1) is 25.9 Å². The Morgan fingerprint density at radius 3 is 2.88 bits per heavy atom. The van der Waals surface area contributed by atoms with Crippen molar-refractivity contribution < 1.29 is 14.3 Å². The van der Waals surface area contributed by atoms with Crippen LogP contribution in [-0.2, 0) is 14.3 Å². The summed E-state index contributed by atoms with van der Waals surface area (Å²) in [4.78, 5) is 11.7. The van der Waals surface area contributed by atoms with Gasteiger partial charge >= 0.3 is 0 Å². The second-order valence-corrected chi connectivity index (χ2v) is 4.09. The van der Waals surface area contributed by atoms with E-state index in [0.29, 0.717) is 32.3 Å². The molecule has 1 aliphatic rings. The largest absolute Gasteiger partial charge is 0.382 e. The molecule has 5 heteroatoms. The van der Waals surface area contributed by atoms with Crippen LogP contribution in [0.1, 0.15) is 13.3 Å². The lowest BCUT2D eigenvalue weighted by molar-refractivity contribution is -0.123. The molecule has 94 valence electrons. The molecule has 0 aliphatic carbocycles. The molecule has 2 atom stereocenters. The molecule has 1 fully saturated rings. The quantitative estimate of drug-likeness (QED) is 0.593. The van der Waals surface area contributed by atoms with Gasteiger partial charge in [0.2, 0.25) is 5.91 Å². The Balaban J connectivity index is 2.02. The Labute approximate surface area is 96.9 Å². The van der Waals surface area contributed by atoms with Crippen LogP contribution in [0, 0.1) is 5.92 Å². The Morgan fingerprint density at radius 1 is 1.44 bits per heavy atom. The third-order valence-electron chi connectivity index (χ3n) is 2.79. The summed E-state index contributed by atoms with van der Waals surface area (Å²) in [5.74, 6) is 0.509. The van der Waals surface area contributed by atoms with Crippen molar-refractivity contribution in [3.63, 3.8) is 0 Å². The first-order chi connectivity index (χ1) is 7.75. The topological polar surface area (TPSA) is 59.6 Å². The number of nitrogens with one attached hydrogen (secondary N) is 2. The summed E-state index contributed by atoms with van der Waals surface area (Å²) in [7, 11) is 1.64. The van der Waals surface area contributed by atoms with E-state index in [2.05, 4.69) is 17.6 Å². The summed E-state index contributed by atoms with van der Waals surface area (Å²) < 4.78 is 10.1. The molecule has 0 saturated carbocycles. The number of carbonyl (C=O) groups excluding carboxylic acids is 1. The van der Waals surface area contributed by atoms with Crippen LogP contribution in [0.5, 0.6) is 0 Å². The van der Waals surface area contributed by atoms with Crippen LogP contribution in [-0.4, -0.2) is 52.0 Å². The van der Waals surface area contributed by atoms with Crippen LogP contribution in [0.25, 0.3) is 0 Å². The molecule has 0 aromatic carbocycles. The summed E-state index contributed by atoms with van der Waals surface area (Å²) in [6.07, 6.45) is 1.07. The van der Waals surface area contributed by atoms with Crippen molar-refractivity contribution in [2.75, 3.05) is 40.0 Å². The molecular weight excluding hydrogens is 208 g/mol. The normalized spacial score (nSPS) is 24.6. The van der Waals surface area contributed by atoms with Gasteiger partial charge in [0, 0.05) is 13.7 Å². The number of rotatable bonds is 7. The third kappa shape index (κ3) is 4.47. The average molecular weight is 230 g/mol. The zero-order valence-corrected chi connectivity index (χ0v) is 10.1. The molecule has 1 rings (SSSR count). The molecule has 1 saturated heterocycles. The van der Waals surface area contributed by atoms with Crippen molar-refractivity contribution in [2.24, 2.45) is 5.92 Å². The second-order valence-electron chi connectivity index (χ2n) is 4.09. The number of hydrogen-bond donors (Lipinski definition) is 2. The number of hydrogen-bond acceptors (Lipinski definition) is 4. The zero-order chi connectivity index (χ0) is 11.8. The van der Waals surface area contributed by atoms with Gasteiger partial charge < -0.3 is 20.1 Å². The standard InChI is InChI=1S/C11H22N2O3/c1-9-3-4-12-10(9)11(14)13-5-6-16-8-7-15-2/h9-10,12H,3-8H2,1-2H3,(H,13,14). The summed E-state index contributed by atoms with van der Waals surface area (Å²) in [5.41, 5.74) is 0. The van der Waals surface area contributed by atoms with Crippen molar-refractivity contribution in [2.45, 2.75) is 19.4 Å². The van der Waals surface area contributed by atoms with Gasteiger partial charge in [-0.05, 0) is 18.9 Å². The second kappa shape index (κ2) is 7.60. The van der Waals surface area contributed by atoms with E-state index in [4.69, 9.17) is 9.47 Å². The smallest absolute Gasteiger partial charge is 0.237 e. The lowest BCUT2D eigenvalue weighted by Crippen LogP contribution is -2.44. The summed E-state index contributed by atoms with van der Waals surface area (Å²) >= 11 is 0. The Kier molecular flexibility index (Phi) is 6.37. The first-order valence-corrected chi connectivity index (χ1v) is 5.83. The van der Waals surface area contributed by atoms with E-state index in [1.807, 2.05) is 0 Å². The Bertz CT molecular complexity index is 211. The van der Waals surface area contributed by atoms with Gasteiger partial charge in [-0.2, -0.15) is 0 Å². The maximum atomic E-state index is 11.7. The van der Waals surface area contributed by atoms with Crippen molar-refractivity contribution >= 4 is 5.91 Å². The molecule has 0 radical (unpaired) electrons. The number of methoxy groups -OCH3 is 1. The zero-order valence-electron chi connectivity index (χ0n) is 10.1. The fourth-order valence-corrected chi connectivity index (χ4v) is 1.79. The van der Waals surface area contributed by atoms with Crippen LogP contribution in [0.15, 0.2) is 0 Å². The van der Waals surface area contributed by atoms with Gasteiger partial charge in [-0.25, -0.2) is 0 Å². The molecule has 0 aromatic rings. The molecule has 5 nitrogen and oxygen atoms in total. The predicted octanol–water partition coefficient (Wildman–Crippen LogP) is -0.236. The van der Waals surface area contributed by atoms with E-state index >= 15 is 0 Å². The Morgan fingerprint density at radius 2 is 2.25 bits per heavy atom. The maximum absolute atomic E-state index is 11.7. The first kappa shape index (κ1) is 13.4. The van der Waals surface area contributed by atoms with Crippen LogP contribution >= 0.6 is 0 Å². The molecule has 1 amide bonds. The lowest BCUT2D eigenvalue weighted by Gasteiger charge is -2.15. The van der Waals surface area contributed by atoms with E-state index in [1.165, 1.54) is 0 Å². The van der Waals surface area contributed by atoms with Crippen molar-refractivity contribution in [1.29, 1.82) is 0 Å². The van der Waals surface area contributed by atoms with Crippen LogP contribution in [0.4, 0.5) is 0 Å². The number of ether oxygens (including phenoxy) is 2. The van der Waals surface area contributed by atoms with Gasteiger partial charge in [0.25, 0.3) is 0 Å². The number of amides is 1. The molecule has 0 aromatic heterocycles. The van der Waals surface area contributed by atoms with Gasteiger partial charge in [0.15, 0.2) is 0 Å². The molecule has 2 unspecified atom stereocenters. The number of carbonyl (C=O) groups is 1. The monoisotopic (exact) mass is 230 g/mol. The average Bonchev–Trinajstić information content (AvgIpc) is 2.69. The molecule has 1 heterocycles. The third-order valence-corrected chi connectivity index (χ3v) is 2.79. The van der Waals surface area contributed by atoms with Crippen molar-refractivity contribution in [3.8, 4) is 0 Å². The van der Waals surface area contributed by atoms with Crippen molar-refractivity contribution in [3.05, 3.63) is 0 Å². The van der Waals surface area contributed by atoms with E-state index < -0.39 is 0 Å². The fraction of sp³-hybridized carbons (Fsp3) is 0.909. The fourth-order valence-electron chi connectivity index (χ4n) is 1.79. The van der Waals surface area contributed by atoms with Crippen LogP contribution < -0.4 is 10.6 Å². The highest BCUT2D eigenvalue weighted by atomic mass is 16.5. The van der Waals surface area contributed by atoms with Crippen LogP contribution in [0.3, 0.4) is 0 Å². The van der Waals surface area contributed by atoms with Crippen molar-refractivity contribution in [1.82, 2.24) is 10.6 Å². The summed E-state index contributed by atoms with van der Waals surface area (Å²) in [6.45, 7) is 5.30. The van der Waals surface area contributed by atoms with E-state index in [9.17, 15) is 4.79 Å². The van der Waals surface area contributed by atoms with Gasteiger partial charge in [0.1, 0.15) is 0 Å². The van der Waals surface area contributed by atoms with E-state index in [-0.39, 0.29) is 11.9 Å². The highest BCUT2D eigenvalue weighted by molar-refractivity contribution is 5.82. The van der Waals surface area contributed by atoms with Gasteiger partial charge in [-0.3, -0.25) is 4.79 Å².